The molecule has 0 saturated carbocycles. The first-order valence-corrected chi connectivity index (χ1v) is 12.4. The molecule has 0 spiro atoms. The Balaban J connectivity index is 1.27. The van der Waals surface area contributed by atoms with Crippen molar-refractivity contribution in [3.8, 4) is 0 Å². The summed E-state index contributed by atoms with van der Waals surface area (Å²) in [5, 5.41) is 6.37. The highest BCUT2D eigenvalue weighted by Crippen LogP contribution is 2.20. The van der Waals surface area contributed by atoms with Crippen LogP contribution in [0.4, 0.5) is 4.39 Å². The second kappa shape index (κ2) is 14.8. The van der Waals surface area contributed by atoms with Crippen molar-refractivity contribution in [2.45, 2.75) is 39.3 Å². The first-order chi connectivity index (χ1) is 17.5. The van der Waals surface area contributed by atoms with E-state index in [1.54, 1.807) is 18.3 Å². The Bertz CT molecular complexity index is 1110. The summed E-state index contributed by atoms with van der Waals surface area (Å²) in [7, 11) is 0. The number of amides is 1. The molecular weight excluding hydrogens is 453 g/mol. The molecule has 3 aromatic rings. The number of carbonyl (C=O) groups excluding carboxylic acids is 1. The number of halogens is 1. The van der Waals surface area contributed by atoms with Gasteiger partial charge in [-0.1, -0.05) is 60.7 Å². The molecule has 1 amide bonds. The van der Waals surface area contributed by atoms with Crippen LogP contribution in [0.1, 0.15) is 40.7 Å². The van der Waals surface area contributed by atoms with E-state index >= 15 is 0 Å². The summed E-state index contributed by atoms with van der Waals surface area (Å²) in [5.74, 6) is -0.430. The zero-order valence-electron chi connectivity index (χ0n) is 20.9. The molecule has 0 aromatic heterocycles. The average Bonchev–Trinajstić information content (AvgIpc) is 2.89. The van der Waals surface area contributed by atoms with Gasteiger partial charge in [0.2, 0.25) is 5.91 Å². The number of rotatable bonds is 14. The van der Waals surface area contributed by atoms with Crippen molar-refractivity contribution in [2.75, 3.05) is 19.7 Å². The Morgan fingerprint density at radius 2 is 1.64 bits per heavy atom. The SMILES string of the molecule is Cc1ccccc1/C(=C\N)CCNCc1ccc(CCCNC(=O)COCc2ccc(F)cc2)cc1. The van der Waals surface area contributed by atoms with E-state index in [-0.39, 0.29) is 24.9 Å². The minimum absolute atomic E-state index is 0.00735. The Morgan fingerprint density at radius 1 is 0.944 bits per heavy atom. The number of benzene rings is 3. The van der Waals surface area contributed by atoms with Crippen LogP contribution in [0.5, 0.6) is 0 Å². The fourth-order valence-corrected chi connectivity index (χ4v) is 3.93. The highest BCUT2D eigenvalue weighted by atomic mass is 19.1. The summed E-state index contributed by atoms with van der Waals surface area (Å²) in [4.78, 5) is 11.9. The lowest BCUT2D eigenvalue weighted by Crippen LogP contribution is -2.28. The van der Waals surface area contributed by atoms with Crippen molar-refractivity contribution < 1.29 is 13.9 Å². The normalized spacial score (nSPS) is 11.4. The Kier molecular flexibility index (Phi) is 11.2. The lowest BCUT2D eigenvalue weighted by molar-refractivity contribution is -0.126. The zero-order chi connectivity index (χ0) is 25.6. The molecule has 0 aliphatic carbocycles. The fraction of sp³-hybridized carbons (Fsp3) is 0.300. The second-order valence-electron chi connectivity index (χ2n) is 8.82. The largest absolute Gasteiger partial charge is 0.404 e. The molecule has 3 rings (SSSR count). The van der Waals surface area contributed by atoms with Crippen LogP contribution in [0, 0.1) is 12.7 Å². The predicted molar refractivity (Wildman–Crippen MR) is 143 cm³/mol. The molecule has 0 radical (unpaired) electrons. The smallest absolute Gasteiger partial charge is 0.246 e. The molecule has 36 heavy (non-hydrogen) atoms. The molecular formula is C30H36FN3O2. The van der Waals surface area contributed by atoms with E-state index in [0.29, 0.717) is 6.54 Å². The standard InChI is InChI=1S/C30H36FN3O2/c1-23-5-2-3-7-29(23)27(19-32)16-18-33-20-25-10-8-24(9-11-25)6-4-17-34-30(35)22-36-21-26-12-14-28(31)15-13-26/h2-3,5,7-15,19,33H,4,6,16-18,20-22,32H2,1H3,(H,34,35)/b27-19-. The topological polar surface area (TPSA) is 76.4 Å². The molecule has 0 bridgehead atoms. The fourth-order valence-electron chi connectivity index (χ4n) is 3.93. The van der Waals surface area contributed by atoms with E-state index in [1.807, 2.05) is 12.1 Å². The summed E-state index contributed by atoms with van der Waals surface area (Å²) < 4.78 is 18.3. The van der Waals surface area contributed by atoms with Crippen molar-refractivity contribution >= 4 is 11.5 Å². The van der Waals surface area contributed by atoms with Gasteiger partial charge in [-0.2, -0.15) is 0 Å². The van der Waals surface area contributed by atoms with Crippen LogP contribution >= 0.6 is 0 Å². The van der Waals surface area contributed by atoms with Crippen LogP contribution in [0.3, 0.4) is 0 Å². The third-order valence-corrected chi connectivity index (χ3v) is 5.99. The van der Waals surface area contributed by atoms with E-state index in [1.165, 1.54) is 34.4 Å². The summed E-state index contributed by atoms with van der Waals surface area (Å²) in [6, 6.07) is 22.9. The number of nitrogens with two attached hydrogens (primary N) is 1. The van der Waals surface area contributed by atoms with E-state index < -0.39 is 0 Å². The van der Waals surface area contributed by atoms with Gasteiger partial charge in [0.05, 0.1) is 6.61 Å². The minimum Gasteiger partial charge on any atom is -0.404 e. The molecule has 0 fully saturated rings. The van der Waals surface area contributed by atoms with Gasteiger partial charge in [0.25, 0.3) is 0 Å². The van der Waals surface area contributed by atoms with Gasteiger partial charge < -0.3 is 21.1 Å². The third kappa shape index (κ3) is 9.29. The van der Waals surface area contributed by atoms with E-state index in [9.17, 15) is 9.18 Å². The van der Waals surface area contributed by atoms with Gasteiger partial charge in [-0.3, -0.25) is 4.79 Å². The van der Waals surface area contributed by atoms with Crippen molar-refractivity contribution in [3.05, 3.63) is 113 Å². The quantitative estimate of drug-likeness (QED) is 0.282. The maximum atomic E-state index is 12.9. The van der Waals surface area contributed by atoms with Crippen molar-refractivity contribution in [1.82, 2.24) is 10.6 Å². The molecule has 0 aliphatic rings. The second-order valence-corrected chi connectivity index (χ2v) is 8.82. The average molecular weight is 490 g/mol. The van der Waals surface area contributed by atoms with Crippen LogP contribution in [0.15, 0.2) is 79.0 Å². The predicted octanol–water partition coefficient (Wildman–Crippen LogP) is 4.88. The van der Waals surface area contributed by atoms with Crippen LogP contribution in [0.25, 0.3) is 5.57 Å². The summed E-state index contributed by atoms with van der Waals surface area (Å²) in [5.41, 5.74) is 12.8. The van der Waals surface area contributed by atoms with Gasteiger partial charge in [-0.25, -0.2) is 4.39 Å². The Labute approximate surface area is 213 Å². The number of ether oxygens (including phenoxy) is 1. The molecule has 4 N–H and O–H groups in total. The third-order valence-electron chi connectivity index (χ3n) is 5.99. The molecule has 3 aromatic carbocycles. The van der Waals surface area contributed by atoms with E-state index in [0.717, 1.165) is 43.5 Å². The first kappa shape index (κ1) is 27.1. The molecule has 5 nitrogen and oxygen atoms in total. The Morgan fingerprint density at radius 3 is 2.36 bits per heavy atom. The van der Waals surface area contributed by atoms with Gasteiger partial charge in [-0.05, 0) is 84.5 Å². The van der Waals surface area contributed by atoms with Gasteiger partial charge in [0.1, 0.15) is 12.4 Å². The molecule has 6 heteroatoms. The number of nitrogens with one attached hydrogen (secondary N) is 2. The van der Waals surface area contributed by atoms with Crippen molar-refractivity contribution in [1.29, 1.82) is 0 Å². The minimum atomic E-state index is -0.286. The molecule has 0 aliphatic heterocycles. The van der Waals surface area contributed by atoms with Crippen molar-refractivity contribution in [3.63, 3.8) is 0 Å². The molecule has 0 heterocycles. The lowest BCUT2D eigenvalue weighted by Gasteiger charge is -2.11. The number of hydrogen-bond acceptors (Lipinski definition) is 4. The summed E-state index contributed by atoms with van der Waals surface area (Å²) >= 11 is 0. The van der Waals surface area contributed by atoms with Gasteiger partial charge in [-0.15, -0.1) is 0 Å². The molecule has 0 unspecified atom stereocenters. The van der Waals surface area contributed by atoms with Crippen LogP contribution in [0.2, 0.25) is 0 Å². The van der Waals surface area contributed by atoms with Gasteiger partial charge in [0, 0.05) is 13.1 Å². The molecule has 0 atom stereocenters. The lowest BCUT2D eigenvalue weighted by atomic mass is 9.99. The van der Waals surface area contributed by atoms with Gasteiger partial charge >= 0.3 is 0 Å². The first-order valence-electron chi connectivity index (χ1n) is 12.4. The monoisotopic (exact) mass is 489 g/mol. The van der Waals surface area contributed by atoms with Crippen LogP contribution < -0.4 is 16.4 Å². The van der Waals surface area contributed by atoms with Crippen LogP contribution in [-0.4, -0.2) is 25.6 Å². The van der Waals surface area contributed by atoms with Gasteiger partial charge in [0.15, 0.2) is 0 Å². The van der Waals surface area contributed by atoms with Crippen molar-refractivity contribution in [2.24, 2.45) is 5.73 Å². The molecule has 0 saturated heterocycles. The Hall–Kier alpha value is -3.48. The number of aryl methyl sites for hydroxylation is 2. The zero-order valence-corrected chi connectivity index (χ0v) is 20.9. The maximum Gasteiger partial charge on any atom is 0.246 e. The highest BCUT2D eigenvalue weighted by molar-refractivity contribution is 5.77. The number of hydrogen-bond donors (Lipinski definition) is 3. The van der Waals surface area contributed by atoms with E-state index in [4.69, 9.17) is 10.5 Å². The number of carbonyl (C=O) groups is 1. The summed E-state index contributed by atoms with van der Waals surface area (Å²) in [6.07, 6.45) is 4.34. The summed E-state index contributed by atoms with van der Waals surface area (Å²) in [6.45, 7) is 4.64. The highest BCUT2D eigenvalue weighted by Gasteiger charge is 2.05. The van der Waals surface area contributed by atoms with Crippen LogP contribution in [-0.2, 0) is 29.1 Å². The maximum absolute atomic E-state index is 12.9. The van der Waals surface area contributed by atoms with E-state index in [2.05, 4.69) is 54.0 Å². The molecule has 190 valence electrons.